The van der Waals surface area contributed by atoms with E-state index < -0.39 is 0 Å². The molecule has 19 heavy (non-hydrogen) atoms. The van der Waals surface area contributed by atoms with Gasteiger partial charge in [0.1, 0.15) is 0 Å². The van der Waals surface area contributed by atoms with Gasteiger partial charge in [0.25, 0.3) is 5.91 Å². The molecule has 100 valence electrons. The van der Waals surface area contributed by atoms with Crippen molar-refractivity contribution < 1.29 is 9.90 Å². The molecule has 2 rings (SSSR count). The normalized spacial score (nSPS) is 14.2. The maximum Gasteiger partial charge on any atom is 0.252 e. The van der Waals surface area contributed by atoms with Crippen LogP contribution in [0.3, 0.4) is 0 Å². The van der Waals surface area contributed by atoms with Gasteiger partial charge < -0.3 is 10.4 Å². The van der Waals surface area contributed by atoms with Gasteiger partial charge in [0.2, 0.25) is 0 Å². The molecule has 0 atom stereocenters. The van der Waals surface area contributed by atoms with Gasteiger partial charge in [-0.25, -0.2) is 0 Å². The largest absolute Gasteiger partial charge is 0.395 e. The lowest BCUT2D eigenvalue weighted by Gasteiger charge is -2.25. The minimum atomic E-state index is -0.0948. The quantitative estimate of drug-likeness (QED) is 0.801. The molecule has 0 bridgehead atoms. The predicted octanol–water partition coefficient (Wildman–Crippen LogP) is 1.35. The van der Waals surface area contributed by atoms with Crippen molar-refractivity contribution in [3.05, 3.63) is 29.6 Å². The summed E-state index contributed by atoms with van der Waals surface area (Å²) in [7, 11) is 0. The van der Waals surface area contributed by atoms with Crippen LogP contribution >= 0.6 is 0 Å². The lowest BCUT2D eigenvalue weighted by atomic mass is 9.85. The van der Waals surface area contributed by atoms with Crippen molar-refractivity contribution in [2.24, 2.45) is 5.92 Å². The van der Waals surface area contributed by atoms with E-state index in [4.69, 9.17) is 5.11 Å². The van der Waals surface area contributed by atoms with Gasteiger partial charge in [-0.1, -0.05) is 18.3 Å². The standard InChI is InChI=1S/C15H18N2O2/c18-9-2-1-6-13-11-16-8-7-14(13)15(19)17-10-12-4-3-5-12/h7-8,11-12,18H,2-5,9-10H2,(H,17,19). The first kappa shape index (κ1) is 13.6. The summed E-state index contributed by atoms with van der Waals surface area (Å²) >= 11 is 0. The Morgan fingerprint density at radius 1 is 1.53 bits per heavy atom. The summed E-state index contributed by atoms with van der Waals surface area (Å²) in [5.74, 6) is 6.23. The second-order valence-corrected chi connectivity index (χ2v) is 4.70. The van der Waals surface area contributed by atoms with E-state index >= 15 is 0 Å². The fourth-order valence-electron chi connectivity index (χ4n) is 1.93. The molecule has 1 aliphatic rings. The van der Waals surface area contributed by atoms with Gasteiger partial charge in [-0.05, 0) is 24.8 Å². The number of carbonyl (C=O) groups is 1. The first-order valence-electron chi connectivity index (χ1n) is 6.63. The number of pyridine rings is 1. The summed E-state index contributed by atoms with van der Waals surface area (Å²) < 4.78 is 0. The zero-order chi connectivity index (χ0) is 13.5. The molecule has 1 amide bonds. The molecule has 0 aliphatic heterocycles. The molecular weight excluding hydrogens is 240 g/mol. The number of aromatic nitrogens is 1. The fraction of sp³-hybridized carbons (Fsp3) is 0.467. The van der Waals surface area contributed by atoms with Crippen LogP contribution in [0.5, 0.6) is 0 Å². The summed E-state index contributed by atoms with van der Waals surface area (Å²) in [4.78, 5) is 16.1. The highest BCUT2D eigenvalue weighted by atomic mass is 16.2. The Kier molecular flexibility index (Phi) is 4.93. The predicted molar refractivity (Wildman–Crippen MR) is 72.5 cm³/mol. The highest BCUT2D eigenvalue weighted by molar-refractivity contribution is 5.96. The third-order valence-electron chi connectivity index (χ3n) is 3.30. The number of carbonyl (C=O) groups excluding carboxylic acids is 1. The van der Waals surface area contributed by atoms with Crippen molar-refractivity contribution in [1.82, 2.24) is 10.3 Å². The molecule has 4 nitrogen and oxygen atoms in total. The van der Waals surface area contributed by atoms with E-state index in [2.05, 4.69) is 22.1 Å². The summed E-state index contributed by atoms with van der Waals surface area (Å²) in [5.41, 5.74) is 1.17. The Hall–Kier alpha value is -1.86. The molecule has 4 heteroatoms. The smallest absolute Gasteiger partial charge is 0.252 e. The summed E-state index contributed by atoms with van der Waals surface area (Å²) in [5, 5.41) is 11.7. The molecule has 0 radical (unpaired) electrons. The van der Waals surface area contributed by atoms with Gasteiger partial charge in [0.15, 0.2) is 0 Å². The Balaban J connectivity index is 2.01. The van der Waals surface area contributed by atoms with Crippen molar-refractivity contribution in [1.29, 1.82) is 0 Å². The summed E-state index contributed by atoms with van der Waals surface area (Å²) in [6.07, 6.45) is 7.27. The molecule has 1 fully saturated rings. The van der Waals surface area contributed by atoms with Gasteiger partial charge in [-0.3, -0.25) is 9.78 Å². The zero-order valence-corrected chi connectivity index (χ0v) is 10.9. The summed E-state index contributed by atoms with van der Waals surface area (Å²) in [6, 6.07) is 1.68. The van der Waals surface area contributed by atoms with E-state index in [1.807, 2.05) is 0 Å². The van der Waals surface area contributed by atoms with Crippen molar-refractivity contribution in [2.75, 3.05) is 13.2 Å². The third-order valence-corrected chi connectivity index (χ3v) is 3.30. The van der Waals surface area contributed by atoms with Gasteiger partial charge in [-0.2, -0.15) is 0 Å². The van der Waals surface area contributed by atoms with Crippen molar-refractivity contribution in [3.63, 3.8) is 0 Å². The topological polar surface area (TPSA) is 62.2 Å². The number of aliphatic hydroxyl groups excluding tert-OH is 1. The van der Waals surface area contributed by atoms with Crippen LogP contribution in [0.1, 0.15) is 41.6 Å². The first-order valence-corrected chi connectivity index (χ1v) is 6.63. The van der Waals surface area contributed by atoms with Crippen LogP contribution in [-0.4, -0.2) is 29.1 Å². The Bertz CT molecular complexity index is 498. The zero-order valence-electron chi connectivity index (χ0n) is 10.9. The Morgan fingerprint density at radius 3 is 3.05 bits per heavy atom. The molecule has 2 N–H and O–H groups in total. The van der Waals surface area contributed by atoms with Crippen LogP contribution in [0.4, 0.5) is 0 Å². The SMILES string of the molecule is O=C(NCC1CCC1)c1ccncc1C#CCCO. The van der Waals surface area contributed by atoms with E-state index in [-0.39, 0.29) is 12.5 Å². The van der Waals surface area contributed by atoms with E-state index in [0.717, 1.165) is 6.54 Å². The molecule has 0 spiro atoms. The van der Waals surface area contributed by atoms with Crippen LogP contribution in [0.2, 0.25) is 0 Å². The Labute approximate surface area is 113 Å². The maximum atomic E-state index is 12.1. The Morgan fingerprint density at radius 2 is 2.37 bits per heavy atom. The average molecular weight is 258 g/mol. The van der Waals surface area contributed by atoms with E-state index in [9.17, 15) is 4.79 Å². The number of aliphatic hydroxyl groups is 1. The number of amides is 1. The fourth-order valence-corrected chi connectivity index (χ4v) is 1.93. The lowest BCUT2D eigenvalue weighted by Crippen LogP contribution is -2.32. The number of nitrogens with one attached hydrogen (secondary N) is 1. The van der Waals surface area contributed by atoms with Crippen LogP contribution in [0.25, 0.3) is 0 Å². The second kappa shape index (κ2) is 6.91. The molecule has 1 aromatic rings. The van der Waals surface area contributed by atoms with E-state index in [0.29, 0.717) is 23.5 Å². The van der Waals surface area contributed by atoms with Gasteiger partial charge in [-0.15, -0.1) is 0 Å². The summed E-state index contributed by atoms with van der Waals surface area (Å²) in [6.45, 7) is 0.765. The van der Waals surface area contributed by atoms with E-state index in [1.54, 1.807) is 18.5 Å². The van der Waals surface area contributed by atoms with E-state index in [1.165, 1.54) is 19.3 Å². The minimum Gasteiger partial charge on any atom is -0.395 e. The molecule has 0 unspecified atom stereocenters. The van der Waals surface area contributed by atoms with Crippen molar-refractivity contribution >= 4 is 5.91 Å². The third kappa shape index (κ3) is 3.80. The number of hydrogen-bond donors (Lipinski definition) is 2. The van der Waals surface area contributed by atoms with Gasteiger partial charge in [0.05, 0.1) is 17.7 Å². The molecular formula is C15H18N2O2. The number of hydrogen-bond acceptors (Lipinski definition) is 3. The molecule has 1 heterocycles. The molecule has 1 aliphatic carbocycles. The number of rotatable bonds is 4. The highest BCUT2D eigenvalue weighted by Crippen LogP contribution is 2.25. The van der Waals surface area contributed by atoms with Crippen LogP contribution in [0.15, 0.2) is 18.5 Å². The highest BCUT2D eigenvalue weighted by Gasteiger charge is 2.18. The van der Waals surface area contributed by atoms with Gasteiger partial charge in [0, 0.05) is 25.4 Å². The minimum absolute atomic E-state index is 0.0243. The second-order valence-electron chi connectivity index (χ2n) is 4.70. The molecule has 0 aromatic carbocycles. The average Bonchev–Trinajstić information content (AvgIpc) is 2.37. The molecule has 1 saturated carbocycles. The van der Waals surface area contributed by atoms with Gasteiger partial charge >= 0.3 is 0 Å². The van der Waals surface area contributed by atoms with Crippen LogP contribution in [-0.2, 0) is 0 Å². The molecule has 0 saturated heterocycles. The monoisotopic (exact) mass is 258 g/mol. The van der Waals surface area contributed by atoms with Crippen molar-refractivity contribution in [2.45, 2.75) is 25.7 Å². The molecule has 1 aromatic heterocycles. The number of nitrogens with zero attached hydrogens (tertiary/aromatic N) is 1. The maximum absolute atomic E-state index is 12.1. The lowest BCUT2D eigenvalue weighted by molar-refractivity contribution is 0.0938. The van der Waals surface area contributed by atoms with Crippen molar-refractivity contribution in [3.8, 4) is 11.8 Å². The first-order chi connectivity index (χ1) is 9.31. The van der Waals surface area contributed by atoms with Crippen LogP contribution < -0.4 is 5.32 Å². The van der Waals surface area contributed by atoms with Crippen LogP contribution in [0, 0.1) is 17.8 Å².